The Balaban J connectivity index is 2.05. The smallest absolute Gasteiger partial charge is 0.212 e. The zero-order valence-electron chi connectivity index (χ0n) is 12.7. The molecule has 3 nitrogen and oxygen atoms in total. The van der Waals surface area contributed by atoms with Gasteiger partial charge < -0.3 is 0 Å². The first-order valence-corrected chi connectivity index (χ1v) is 9.26. The van der Waals surface area contributed by atoms with Gasteiger partial charge in [-0.3, -0.25) is 0 Å². The molecule has 0 saturated carbocycles. The zero-order chi connectivity index (χ0) is 16.2. The number of hydrogen-bond acceptors (Lipinski definition) is 2. The fraction of sp³-hybridized carbons (Fsp3) is 0.294. The summed E-state index contributed by atoms with van der Waals surface area (Å²) in [7, 11) is -3.40. The molecule has 0 saturated heterocycles. The standard InChI is InChI=1S/C17H20ClNO2S/c1-3-14-4-8-16(9-5-14)13(2)19-22(20,21)12-15-6-10-17(18)11-7-15/h4-11,13,19H,3,12H2,1-2H3/t13-/m0/s1. The second-order valence-corrected chi connectivity index (χ2v) is 7.51. The van der Waals surface area contributed by atoms with Crippen LogP contribution in [0.1, 0.15) is 36.6 Å². The highest BCUT2D eigenvalue weighted by Crippen LogP contribution is 2.17. The highest BCUT2D eigenvalue weighted by molar-refractivity contribution is 7.88. The molecule has 0 aliphatic rings. The fourth-order valence-electron chi connectivity index (χ4n) is 2.22. The Morgan fingerprint density at radius 2 is 1.55 bits per heavy atom. The van der Waals surface area contributed by atoms with Crippen molar-refractivity contribution in [1.82, 2.24) is 4.72 Å². The van der Waals surface area contributed by atoms with Gasteiger partial charge in [0.2, 0.25) is 10.0 Å². The summed E-state index contributed by atoms with van der Waals surface area (Å²) >= 11 is 5.81. The number of aryl methyl sites for hydroxylation is 1. The normalized spacial score (nSPS) is 13.0. The number of nitrogens with one attached hydrogen (secondary N) is 1. The Bertz CT molecular complexity index is 709. The molecule has 0 aliphatic heterocycles. The predicted molar refractivity (Wildman–Crippen MR) is 91.4 cm³/mol. The summed E-state index contributed by atoms with van der Waals surface area (Å²) in [5.41, 5.74) is 2.90. The van der Waals surface area contributed by atoms with E-state index >= 15 is 0 Å². The Hall–Kier alpha value is -1.36. The summed E-state index contributed by atoms with van der Waals surface area (Å²) in [6, 6.07) is 14.6. The Labute approximate surface area is 137 Å². The highest BCUT2D eigenvalue weighted by Gasteiger charge is 2.16. The van der Waals surface area contributed by atoms with Crippen LogP contribution < -0.4 is 4.72 Å². The number of halogens is 1. The van der Waals surface area contributed by atoms with Gasteiger partial charge in [-0.25, -0.2) is 13.1 Å². The van der Waals surface area contributed by atoms with Crippen LogP contribution in [0.15, 0.2) is 48.5 Å². The summed E-state index contributed by atoms with van der Waals surface area (Å²) in [6.45, 7) is 3.94. The van der Waals surface area contributed by atoms with Crippen LogP contribution in [-0.2, 0) is 22.2 Å². The van der Waals surface area contributed by atoms with E-state index < -0.39 is 10.0 Å². The van der Waals surface area contributed by atoms with Crippen LogP contribution in [0.3, 0.4) is 0 Å². The van der Waals surface area contributed by atoms with E-state index in [1.807, 2.05) is 31.2 Å². The van der Waals surface area contributed by atoms with E-state index in [1.54, 1.807) is 24.3 Å². The van der Waals surface area contributed by atoms with E-state index in [-0.39, 0.29) is 11.8 Å². The lowest BCUT2D eigenvalue weighted by Gasteiger charge is -2.15. The topological polar surface area (TPSA) is 46.2 Å². The Morgan fingerprint density at radius 1 is 1.00 bits per heavy atom. The van der Waals surface area contributed by atoms with Gasteiger partial charge in [-0.15, -0.1) is 0 Å². The first-order chi connectivity index (χ1) is 10.4. The highest BCUT2D eigenvalue weighted by atomic mass is 35.5. The van der Waals surface area contributed by atoms with Crippen LogP contribution in [0.4, 0.5) is 0 Å². The first kappa shape index (κ1) is 17.0. The second kappa shape index (κ2) is 7.27. The molecular formula is C17H20ClNO2S. The van der Waals surface area contributed by atoms with Crippen molar-refractivity contribution in [2.45, 2.75) is 32.1 Å². The lowest BCUT2D eigenvalue weighted by atomic mass is 10.1. The van der Waals surface area contributed by atoms with E-state index in [1.165, 1.54) is 5.56 Å². The average molecular weight is 338 g/mol. The molecule has 0 fully saturated rings. The van der Waals surface area contributed by atoms with Crippen LogP contribution >= 0.6 is 11.6 Å². The van der Waals surface area contributed by atoms with Gasteiger partial charge in [0, 0.05) is 11.1 Å². The molecule has 5 heteroatoms. The third-order valence-electron chi connectivity index (χ3n) is 3.51. The maximum Gasteiger partial charge on any atom is 0.216 e. The van der Waals surface area contributed by atoms with Crippen LogP contribution in [0, 0.1) is 0 Å². The minimum atomic E-state index is -3.40. The Kier molecular flexibility index (Phi) is 5.62. The second-order valence-electron chi connectivity index (χ2n) is 5.32. The SMILES string of the molecule is CCc1ccc([C@H](C)NS(=O)(=O)Cc2ccc(Cl)cc2)cc1. The largest absolute Gasteiger partial charge is 0.216 e. The van der Waals surface area contributed by atoms with E-state index in [9.17, 15) is 8.42 Å². The predicted octanol–water partition coefficient (Wildman–Crippen LogP) is 4.08. The molecule has 0 unspecified atom stereocenters. The van der Waals surface area contributed by atoms with Crippen molar-refractivity contribution in [2.24, 2.45) is 0 Å². The molecule has 0 radical (unpaired) electrons. The van der Waals surface area contributed by atoms with Crippen molar-refractivity contribution in [2.75, 3.05) is 0 Å². The van der Waals surface area contributed by atoms with Gasteiger partial charge in [0.1, 0.15) is 0 Å². The minimum absolute atomic E-state index is 0.0540. The van der Waals surface area contributed by atoms with Gasteiger partial charge in [-0.05, 0) is 42.2 Å². The molecule has 1 atom stereocenters. The Morgan fingerprint density at radius 3 is 2.09 bits per heavy atom. The summed E-state index contributed by atoms with van der Waals surface area (Å²) < 4.78 is 27.2. The summed E-state index contributed by atoms with van der Waals surface area (Å²) in [5.74, 6) is -0.0540. The third-order valence-corrected chi connectivity index (χ3v) is 5.19. The number of benzene rings is 2. The zero-order valence-corrected chi connectivity index (χ0v) is 14.3. The van der Waals surface area contributed by atoms with Gasteiger partial charge in [-0.2, -0.15) is 0 Å². The van der Waals surface area contributed by atoms with Gasteiger partial charge >= 0.3 is 0 Å². The minimum Gasteiger partial charge on any atom is -0.212 e. The van der Waals surface area contributed by atoms with Crippen LogP contribution in [0.2, 0.25) is 5.02 Å². The lowest BCUT2D eigenvalue weighted by molar-refractivity contribution is 0.566. The summed E-state index contributed by atoms with van der Waals surface area (Å²) in [6.07, 6.45) is 0.969. The van der Waals surface area contributed by atoms with Gasteiger partial charge in [0.05, 0.1) is 5.75 Å². The van der Waals surface area contributed by atoms with Crippen molar-refractivity contribution in [3.8, 4) is 0 Å². The van der Waals surface area contributed by atoms with Crippen molar-refractivity contribution in [3.63, 3.8) is 0 Å². The maximum atomic E-state index is 12.2. The van der Waals surface area contributed by atoms with E-state index in [0.29, 0.717) is 10.6 Å². The lowest BCUT2D eigenvalue weighted by Crippen LogP contribution is -2.28. The molecular weight excluding hydrogens is 318 g/mol. The maximum absolute atomic E-state index is 12.2. The number of sulfonamides is 1. The molecule has 22 heavy (non-hydrogen) atoms. The van der Waals surface area contributed by atoms with Crippen molar-refractivity contribution in [1.29, 1.82) is 0 Å². The summed E-state index contributed by atoms with van der Waals surface area (Å²) in [5, 5.41) is 0.596. The molecule has 2 aromatic carbocycles. The molecule has 118 valence electrons. The molecule has 2 aromatic rings. The molecule has 2 rings (SSSR count). The van der Waals surface area contributed by atoms with E-state index in [4.69, 9.17) is 11.6 Å². The van der Waals surface area contributed by atoms with E-state index in [0.717, 1.165) is 12.0 Å². The van der Waals surface area contributed by atoms with Crippen molar-refractivity contribution in [3.05, 3.63) is 70.2 Å². The average Bonchev–Trinajstić information content (AvgIpc) is 2.49. The summed E-state index contributed by atoms with van der Waals surface area (Å²) in [4.78, 5) is 0. The molecule has 0 aliphatic carbocycles. The van der Waals surface area contributed by atoms with Crippen LogP contribution in [-0.4, -0.2) is 8.42 Å². The number of rotatable bonds is 6. The van der Waals surface area contributed by atoms with Crippen molar-refractivity contribution < 1.29 is 8.42 Å². The van der Waals surface area contributed by atoms with Crippen LogP contribution in [0.5, 0.6) is 0 Å². The van der Waals surface area contributed by atoms with Gasteiger partial charge in [0.25, 0.3) is 0 Å². The number of hydrogen-bond donors (Lipinski definition) is 1. The quantitative estimate of drug-likeness (QED) is 0.863. The van der Waals surface area contributed by atoms with Crippen molar-refractivity contribution >= 4 is 21.6 Å². The fourth-order valence-corrected chi connectivity index (χ4v) is 3.74. The van der Waals surface area contributed by atoms with Gasteiger partial charge in [-0.1, -0.05) is 54.9 Å². The monoisotopic (exact) mass is 337 g/mol. The molecule has 0 aromatic heterocycles. The molecule has 0 spiro atoms. The molecule has 1 N–H and O–H groups in total. The first-order valence-electron chi connectivity index (χ1n) is 7.23. The van der Waals surface area contributed by atoms with E-state index in [2.05, 4.69) is 11.6 Å². The van der Waals surface area contributed by atoms with Crippen LogP contribution in [0.25, 0.3) is 0 Å². The third kappa shape index (κ3) is 4.83. The molecule has 0 bridgehead atoms. The molecule has 0 heterocycles. The van der Waals surface area contributed by atoms with Gasteiger partial charge in [0.15, 0.2) is 0 Å². The molecule has 0 amide bonds.